The van der Waals surface area contributed by atoms with E-state index < -0.39 is 12.5 Å². The van der Waals surface area contributed by atoms with E-state index >= 15 is 0 Å². The molecule has 1 aliphatic rings. The molecule has 0 bridgehead atoms. The third-order valence-electron chi connectivity index (χ3n) is 3.83. The van der Waals surface area contributed by atoms with E-state index in [4.69, 9.17) is 37.9 Å². The largest absolute Gasteiger partial charge is 0.382 e. The highest BCUT2D eigenvalue weighted by atomic mass is 16.6. The third kappa shape index (κ3) is 8.53. The number of methoxy groups -OCH3 is 4. The maximum Gasteiger partial charge on any atom is 0.328 e. The SMILES string of the molecule is COCCOCN1C(=O)N(COCCOC)C(OCCOC)C1OCCOC. The first-order valence-electron chi connectivity index (χ1n) is 9.12. The van der Waals surface area contributed by atoms with Crippen molar-refractivity contribution in [3.8, 4) is 0 Å². The van der Waals surface area contributed by atoms with Crippen LogP contribution in [0.15, 0.2) is 0 Å². The highest BCUT2D eigenvalue weighted by Gasteiger charge is 2.47. The van der Waals surface area contributed by atoms with Gasteiger partial charge in [0.2, 0.25) is 0 Å². The summed E-state index contributed by atoms with van der Waals surface area (Å²) in [6, 6.07) is -0.306. The molecule has 1 rings (SSSR count). The van der Waals surface area contributed by atoms with Crippen LogP contribution in [0.1, 0.15) is 0 Å². The molecule has 0 spiro atoms. The molecule has 0 aromatic rings. The molecule has 1 fully saturated rings. The van der Waals surface area contributed by atoms with E-state index in [1.165, 1.54) is 9.80 Å². The Morgan fingerprint density at radius 2 is 0.964 bits per heavy atom. The third-order valence-corrected chi connectivity index (χ3v) is 3.83. The van der Waals surface area contributed by atoms with E-state index in [1.54, 1.807) is 28.4 Å². The van der Waals surface area contributed by atoms with E-state index in [0.29, 0.717) is 52.9 Å². The summed E-state index contributed by atoms with van der Waals surface area (Å²) in [5.41, 5.74) is 0. The Hall–Kier alpha value is -1.05. The Morgan fingerprint density at radius 3 is 1.32 bits per heavy atom. The summed E-state index contributed by atoms with van der Waals surface area (Å²) >= 11 is 0. The summed E-state index contributed by atoms with van der Waals surface area (Å²) < 4.78 is 42.8. The van der Waals surface area contributed by atoms with Gasteiger partial charge in [0.05, 0.1) is 52.9 Å². The summed E-state index contributed by atoms with van der Waals surface area (Å²) in [6.07, 6.45) is -1.35. The number of rotatable bonds is 18. The quantitative estimate of drug-likeness (QED) is 0.288. The summed E-state index contributed by atoms with van der Waals surface area (Å²) in [6.45, 7) is 3.00. The van der Waals surface area contributed by atoms with Crippen LogP contribution in [0.25, 0.3) is 0 Å². The first-order chi connectivity index (χ1) is 13.7. The first kappa shape index (κ1) is 25.0. The van der Waals surface area contributed by atoms with Crippen LogP contribution in [0.5, 0.6) is 0 Å². The van der Waals surface area contributed by atoms with Crippen LogP contribution in [-0.2, 0) is 37.9 Å². The average molecular weight is 410 g/mol. The van der Waals surface area contributed by atoms with Gasteiger partial charge in [0.25, 0.3) is 0 Å². The van der Waals surface area contributed by atoms with Gasteiger partial charge in [0.1, 0.15) is 13.5 Å². The predicted molar refractivity (Wildman–Crippen MR) is 97.7 cm³/mol. The van der Waals surface area contributed by atoms with Gasteiger partial charge < -0.3 is 37.9 Å². The number of hydrogen-bond donors (Lipinski definition) is 0. The monoisotopic (exact) mass is 410 g/mol. The lowest BCUT2D eigenvalue weighted by Gasteiger charge is -2.27. The molecule has 28 heavy (non-hydrogen) atoms. The number of ether oxygens (including phenoxy) is 8. The number of urea groups is 1. The molecule has 0 radical (unpaired) electrons. The van der Waals surface area contributed by atoms with E-state index in [0.717, 1.165) is 0 Å². The Bertz CT molecular complexity index is 369. The zero-order valence-electron chi connectivity index (χ0n) is 17.3. The fourth-order valence-electron chi connectivity index (χ4n) is 2.41. The minimum absolute atomic E-state index is 0.0402. The second-order valence-corrected chi connectivity index (χ2v) is 5.79. The Labute approximate surface area is 166 Å². The van der Waals surface area contributed by atoms with E-state index in [-0.39, 0.29) is 19.5 Å². The minimum atomic E-state index is -0.673. The topological polar surface area (TPSA) is 97.4 Å². The lowest BCUT2D eigenvalue weighted by Crippen LogP contribution is -2.43. The Balaban J connectivity index is 2.81. The smallest absolute Gasteiger partial charge is 0.328 e. The molecule has 11 nitrogen and oxygen atoms in total. The van der Waals surface area contributed by atoms with Crippen LogP contribution in [-0.4, -0.2) is 123 Å². The van der Waals surface area contributed by atoms with E-state index in [9.17, 15) is 4.79 Å². The number of hydrogen-bond acceptors (Lipinski definition) is 9. The van der Waals surface area contributed by atoms with E-state index in [2.05, 4.69) is 0 Å². The van der Waals surface area contributed by atoms with Crippen LogP contribution in [0.4, 0.5) is 4.79 Å². The molecule has 1 aliphatic heterocycles. The number of carbonyl (C=O) groups excluding carboxylic acids is 1. The highest BCUT2D eigenvalue weighted by Crippen LogP contribution is 2.25. The molecule has 166 valence electrons. The molecule has 0 saturated carbocycles. The van der Waals surface area contributed by atoms with Gasteiger partial charge in [-0.2, -0.15) is 0 Å². The minimum Gasteiger partial charge on any atom is -0.382 e. The molecule has 11 heteroatoms. The van der Waals surface area contributed by atoms with Crippen LogP contribution in [0, 0.1) is 0 Å². The van der Waals surface area contributed by atoms with Gasteiger partial charge in [-0.1, -0.05) is 0 Å². The summed E-state index contributed by atoms with van der Waals surface area (Å²) in [4.78, 5) is 15.8. The van der Waals surface area contributed by atoms with Crippen molar-refractivity contribution in [3.63, 3.8) is 0 Å². The predicted octanol–water partition coefficient (Wildman–Crippen LogP) is -0.0568. The molecule has 2 unspecified atom stereocenters. The van der Waals surface area contributed by atoms with Crippen LogP contribution < -0.4 is 0 Å². The molecule has 2 atom stereocenters. The van der Waals surface area contributed by atoms with Crippen molar-refractivity contribution in [2.45, 2.75) is 12.5 Å². The van der Waals surface area contributed by atoms with Gasteiger partial charge in [-0.3, -0.25) is 9.80 Å². The standard InChI is InChI=1S/C17H34N2O9/c1-21-5-9-25-13-18-15(27-11-7-23-3)16(28-12-8-24-4)19(17(18)20)14-26-10-6-22-2/h15-16H,5-14H2,1-4H3. The van der Waals surface area contributed by atoms with Crippen molar-refractivity contribution in [3.05, 3.63) is 0 Å². The van der Waals surface area contributed by atoms with Gasteiger partial charge in [-0.25, -0.2) is 4.79 Å². The number of carbonyl (C=O) groups is 1. The van der Waals surface area contributed by atoms with Crippen LogP contribution in [0.2, 0.25) is 0 Å². The molecule has 0 aliphatic carbocycles. The molecule has 2 amide bonds. The van der Waals surface area contributed by atoms with E-state index in [1.807, 2.05) is 0 Å². The summed E-state index contributed by atoms with van der Waals surface area (Å²) in [5, 5.41) is 0. The zero-order valence-corrected chi connectivity index (χ0v) is 17.3. The van der Waals surface area contributed by atoms with Crippen molar-refractivity contribution in [1.82, 2.24) is 9.80 Å². The van der Waals surface area contributed by atoms with Gasteiger partial charge in [-0.15, -0.1) is 0 Å². The molecular formula is C17H34N2O9. The molecule has 0 aromatic heterocycles. The summed E-state index contributed by atoms with van der Waals surface area (Å²) in [7, 11) is 6.33. The fraction of sp³-hybridized carbons (Fsp3) is 0.941. The highest BCUT2D eigenvalue weighted by molar-refractivity contribution is 5.77. The van der Waals surface area contributed by atoms with Crippen molar-refractivity contribution in [2.75, 3.05) is 94.8 Å². The van der Waals surface area contributed by atoms with Crippen molar-refractivity contribution in [2.24, 2.45) is 0 Å². The van der Waals surface area contributed by atoms with Crippen LogP contribution >= 0.6 is 0 Å². The number of nitrogens with zero attached hydrogens (tertiary/aromatic N) is 2. The second kappa shape index (κ2) is 15.8. The van der Waals surface area contributed by atoms with Gasteiger partial charge in [0, 0.05) is 28.4 Å². The molecule has 1 saturated heterocycles. The molecule has 1 heterocycles. The lowest BCUT2D eigenvalue weighted by molar-refractivity contribution is -0.168. The fourth-order valence-corrected chi connectivity index (χ4v) is 2.41. The summed E-state index contributed by atoms with van der Waals surface area (Å²) in [5.74, 6) is 0. The second-order valence-electron chi connectivity index (χ2n) is 5.79. The lowest BCUT2D eigenvalue weighted by atomic mass is 10.4. The first-order valence-corrected chi connectivity index (χ1v) is 9.12. The van der Waals surface area contributed by atoms with Gasteiger partial charge >= 0.3 is 6.03 Å². The Kier molecular flexibility index (Phi) is 14.1. The molecular weight excluding hydrogens is 376 g/mol. The van der Waals surface area contributed by atoms with Crippen molar-refractivity contribution >= 4 is 6.03 Å². The van der Waals surface area contributed by atoms with Crippen molar-refractivity contribution in [1.29, 1.82) is 0 Å². The van der Waals surface area contributed by atoms with Gasteiger partial charge in [0.15, 0.2) is 12.5 Å². The maximum absolute atomic E-state index is 12.9. The van der Waals surface area contributed by atoms with Crippen molar-refractivity contribution < 1.29 is 42.7 Å². The molecule has 0 aromatic carbocycles. The molecule has 0 N–H and O–H groups in total. The maximum atomic E-state index is 12.9. The average Bonchev–Trinajstić information content (AvgIpc) is 2.94. The Morgan fingerprint density at radius 1 is 0.607 bits per heavy atom. The normalized spacial score (nSPS) is 19.8. The van der Waals surface area contributed by atoms with Gasteiger partial charge in [-0.05, 0) is 0 Å². The number of amides is 2. The zero-order chi connectivity index (χ0) is 20.6. The van der Waals surface area contributed by atoms with Crippen LogP contribution in [0.3, 0.4) is 0 Å².